The van der Waals surface area contributed by atoms with Crippen LogP contribution in [-0.2, 0) is 6.54 Å². The van der Waals surface area contributed by atoms with Gasteiger partial charge in [0.05, 0.1) is 11.2 Å². The maximum absolute atomic E-state index is 4.73. The first-order valence-electron chi connectivity index (χ1n) is 6.59. The number of hydrogen-bond donors (Lipinski definition) is 1. The second-order valence-electron chi connectivity index (χ2n) is 5.00. The van der Waals surface area contributed by atoms with Gasteiger partial charge in [0, 0.05) is 31.1 Å². The maximum Gasteiger partial charge on any atom is 0.0705 e. The van der Waals surface area contributed by atoms with Crippen molar-refractivity contribution in [2.45, 2.75) is 19.0 Å². The number of nitrogens with one attached hydrogen (secondary N) is 1. The molecule has 0 amide bonds. The molecule has 3 nitrogen and oxygen atoms in total. The molecule has 94 valence electrons. The number of rotatable bonds is 3. The molecule has 2 heterocycles. The third-order valence-electron chi connectivity index (χ3n) is 3.72. The molecule has 0 bridgehead atoms. The molecule has 1 N–H and O–H groups in total. The van der Waals surface area contributed by atoms with E-state index in [0.29, 0.717) is 6.04 Å². The quantitative estimate of drug-likeness (QED) is 0.891. The van der Waals surface area contributed by atoms with E-state index in [4.69, 9.17) is 4.98 Å². The van der Waals surface area contributed by atoms with Crippen molar-refractivity contribution >= 4 is 10.9 Å². The van der Waals surface area contributed by atoms with Gasteiger partial charge in [-0.2, -0.15) is 0 Å². The fourth-order valence-corrected chi connectivity index (χ4v) is 2.64. The van der Waals surface area contributed by atoms with Gasteiger partial charge in [0.15, 0.2) is 0 Å². The van der Waals surface area contributed by atoms with Crippen molar-refractivity contribution in [1.29, 1.82) is 0 Å². The van der Waals surface area contributed by atoms with E-state index in [9.17, 15) is 0 Å². The molecule has 3 rings (SSSR count). The fraction of sp³-hybridized carbons (Fsp3) is 0.400. The highest BCUT2D eigenvalue weighted by Crippen LogP contribution is 2.15. The zero-order valence-electron chi connectivity index (χ0n) is 10.8. The number of nitrogens with zero attached hydrogens (tertiary/aromatic N) is 2. The number of hydrogen-bond acceptors (Lipinski definition) is 3. The van der Waals surface area contributed by atoms with Crippen LogP contribution in [0.2, 0.25) is 0 Å². The van der Waals surface area contributed by atoms with E-state index in [1.54, 1.807) is 0 Å². The molecule has 1 unspecified atom stereocenters. The highest BCUT2D eigenvalue weighted by Gasteiger charge is 2.20. The standard InChI is InChI=1S/C15H19N3/c1-16-13-8-9-18(10-13)11-14-7-6-12-4-2-3-5-15(12)17-14/h2-7,13,16H,8-11H2,1H3. The third kappa shape index (κ3) is 2.37. The Morgan fingerprint density at radius 1 is 1.28 bits per heavy atom. The van der Waals surface area contributed by atoms with E-state index in [1.807, 2.05) is 13.1 Å². The lowest BCUT2D eigenvalue weighted by molar-refractivity contribution is 0.319. The molecule has 1 saturated heterocycles. The number of aromatic nitrogens is 1. The normalized spacial score (nSPS) is 20.6. The molecule has 1 atom stereocenters. The average Bonchev–Trinajstić information content (AvgIpc) is 2.86. The monoisotopic (exact) mass is 241 g/mol. The molecular weight excluding hydrogens is 222 g/mol. The van der Waals surface area contributed by atoms with E-state index in [-0.39, 0.29) is 0 Å². The molecule has 1 fully saturated rings. The van der Waals surface area contributed by atoms with Gasteiger partial charge < -0.3 is 5.32 Å². The van der Waals surface area contributed by atoms with E-state index in [0.717, 1.165) is 18.6 Å². The first kappa shape index (κ1) is 11.6. The van der Waals surface area contributed by atoms with E-state index >= 15 is 0 Å². The minimum atomic E-state index is 0.644. The summed E-state index contributed by atoms with van der Waals surface area (Å²) in [7, 11) is 2.04. The Morgan fingerprint density at radius 2 is 2.17 bits per heavy atom. The van der Waals surface area contributed by atoms with Crippen LogP contribution in [0.1, 0.15) is 12.1 Å². The summed E-state index contributed by atoms with van der Waals surface area (Å²) in [5, 5.41) is 4.57. The topological polar surface area (TPSA) is 28.2 Å². The summed E-state index contributed by atoms with van der Waals surface area (Å²) in [6.45, 7) is 3.26. The van der Waals surface area contributed by atoms with Crippen LogP contribution in [0.3, 0.4) is 0 Å². The maximum atomic E-state index is 4.73. The zero-order chi connectivity index (χ0) is 12.4. The summed E-state index contributed by atoms with van der Waals surface area (Å²) < 4.78 is 0. The van der Waals surface area contributed by atoms with Crippen LogP contribution in [0.25, 0.3) is 10.9 Å². The van der Waals surface area contributed by atoms with Gasteiger partial charge in [-0.25, -0.2) is 0 Å². The van der Waals surface area contributed by atoms with Crippen molar-refractivity contribution in [2.24, 2.45) is 0 Å². The van der Waals surface area contributed by atoms with Crippen LogP contribution in [0, 0.1) is 0 Å². The molecule has 1 aromatic heterocycles. The van der Waals surface area contributed by atoms with Crippen LogP contribution in [-0.4, -0.2) is 36.1 Å². The van der Waals surface area contributed by atoms with Crippen LogP contribution >= 0.6 is 0 Å². The predicted molar refractivity (Wildman–Crippen MR) is 74.5 cm³/mol. The largest absolute Gasteiger partial charge is 0.316 e. The van der Waals surface area contributed by atoms with Crippen molar-refractivity contribution in [3.8, 4) is 0 Å². The minimum Gasteiger partial charge on any atom is -0.316 e. The Balaban J connectivity index is 1.75. The first-order valence-corrected chi connectivity index (χ1v) is 6.59. The first-order chi connectivity index (χ1) is 8.85. The summed E-state index contributed by atoms with van der Waals surface area (Å²) in [5.74, 6) is 0. The summed E-state index contributed by atoms with van der Waals surface area (Å²) in [5.41, 5.74) is 2.27. The number of fused-ring (bicyclic) bond motifs is 1. The van der Waals surface area contributed by atoms with Crippen molar-refractivity contribution in [1.82, 2.24) is 15.2 Å². The zero-order valence-corrected chi connectivity index (χ0v) is 10.8. The highest BCUT2D eigenvalue weighted by atomic mass is 15.2. The predicted octanol–water partition coefficient (Wildman–Crippen LogP) is 2.03. The van der Waals surface area contributed by atoms with E-state index in [2.05, 4.69) is 40.5 Å². The summed E-state index contributed by atoms with van der Waals surface area (Å²) in [4.78, 5) is 7.20. The average molecular weight is 241 g/mol. The van der Waals surface area contributed by atoms with Gasteiger partial charge >= 0.3 is 0 Å². The molecule has 0 spiro atoms. The van der Waals surface area contributed by atoms with Gasteiger partial charge in [-0.3, -0.25) is 9.88 Å². The second kappa shape index (κ2) is 5.04. The Hall–Kier alpha value is -1.45. The van der Waals surface area contributed by atoms with Gasteiger partial charge in [0.2, 0.25) is 0 Å². The number of para-hydroxylation sites is 1. The molecule has 1 aromatic carbocycles. The molecule has 1 aliphatic rings. The Morgan fingerprint density at radius 3 is 3.00 bits per heavy atom. The minimum absolute atomic E-state index is 0.644. The van der Waals surface area contributed by atoms with Crippen LogP contribution in [0.5, 0.6) is 0 Å². The molecule has 2 aromatic rings. The molecule has 0 saturated carbocycles. The summed E-state index contributed by atoms with van der Waals surface area (Å²) in [6, 6.07) is 13.3. The lowest BCUT2D eigenvalue weighted by Crippen LogP contribution is -2.29. The van der Waals surface area contributed by atoms with Crippen molar-refractivity contribution < 1.29 is 0 Å². The lowest BCUT2D eigenvalue weighted by Gasteiger charge is -2.15. The Bertz CT molecular complexity index is 538. The van der Waals surface area contributed by atoms with Gasteiger partial charge in [0.25, 0.3) is 0 Å². The van der Waals surface area contributed by atoms with E-state index in [1.165, 1.54) is 24.0 Å². The lowest BCUT2D eigenvalue weighted by atomic mass is 10.2. The highest BCUT2D eigenvalue weighted by molar-refractivity contribution is 5.78. The Labute approximate surface area is 108 Å². The van der Waals surface area contributed by atoms with Crippen LogP contribution in [0.4, 0.5) is 0 Å². The van der Waals surface area contributed by atoms with Crippen molar-refractivity contribution in [3.63, 3.8) is 0 Å². The number of benzene rings is 1. The van der Waals surface area contributed by atoms with Gasteiger partial charge in [-0.05, 0) is 25.6 Å². The number of likely N-dealkylation sites (tertiary alicyclic amines) is 1. The third-order valence-corrected chi connectivity index (χ3v) is 3.72. The van der Waals surface area contributed by atoms with E-state index < -0.39 is 0 Å². The van der Waals surface area contributed by atoms with Crippen LogP contribution < -0.4 is 5.32 Å². The molecule has 0 aliphatic carbocycles. The number of likely N-dealkylation sites (N-methyl/N-ethyl adjacent to an activating group) is 1. The summed E-state index contributed by atoms with van der Waals surface area (Å²) in [6.07, 6.45) is 1.24. The SMILES string of the molecule is CNC1CCN(Cc2ccc3ccccc3n2)C1. The Kier molecular flexibility index (Phi) is 3.26. The van der Waals surface area contributed by atoms with Crippen molar-refractivity contribution in [3.05, 3.63) is 42.1 Å². The molecule has 18 heavy (non-hydrogen) atoms. The summed E-state index contributed by atoms with van der Waals surface area (Å²) >= 11 is 0. The molecule has 1 aliphatic heterocycles. The van der Waals surface area contributed by atoms with Gasteiger partial charge in [-0.15, -0.1) is 0 Å². The smallest absolute Gasteiger partial charge is 0.0705 e. The fourth-order valence-electron chi connectivity index (χ4n) is 2.64. The van der Waals surface area contributed by atoms with Gasteiger partial charge in [-0.1, -0.05) is 24.3 Å². The number of pyridine rings is 1. The second-order valence-corrected chi connectivity index (χ2v) is 5.00. The molecule has 3 heteroatoms. The van der Waals surface area contributed by atoms with Crippen LogP contribution in [0.15, 0.2) is 36.4 Å². The molecular formula is C15H19N3. The van der Waals surface area contributed by atoms with Crippen molar-refractivity contribution in [2.75, 3.05) is 20.1 Å². The van der Waals surface area contributed by atoms with Gasteiger partial charge in [0.1, 0.15) is 0 Å². The molecule has 0 radical (unpaired) electrons.